The lowest BCUT2D eigenvalue weighted by Crippen LogP contribution is -2.04. The van der Waals surface area contributed by atoms with Gasteiger partial charge in [0.1, 0.15) is 5.76 Å². The smallest absolute Gasteiger partial charge is 0.114 e. The molecule has 0 fully saturated rings. The molecule has 0 saturated heterocycles. The zero-order valence-corrected chi connectivity index (χ0v) is 12.2. The second-order valence-corrected chi connectivity index (χ2v) is 5.70. The van der Waals surface area contributed by atoms with Crippen molar-refractivity contribution >= 4 is 10.8 Å². The van der Waals surface area contributed by atoms with Crippen molar-refractivity contribution in [3.8, 4) is 0 Å². The molecule has 104 valence electrons. The van der Waals surface area contributed by atoms with E-state index in [2.05, 4.69) is 39.0 Å². The van der Waals surface area contributed by atoms with Crippen LogP contribution in [-0.4, -0.2) is 13.2 Å². The monoisotopic (exact) mass is 260 g/mol. The topological polar surface area (TPSA) is 22.4 Å². The summed E-state index contributed by atoms with van der Waals surface area (Å²) in [6.07, 6.45) is 4.05. The van der Waals surface area contributed by atoms with Gasteiger partial charge in [0.2, 0.25) is 0 Å². The van der Waals surface area contributed by atoms with Crippen LogP contribution in [0.5, 0.6) is 0 Å². The van der Waals surface area contributed by atoms with Gasteiger partial charge in [0.15, 0.2) is 0 Å². The number of rotatable bonds is 7. The molecule has 2 nitrogen and oxygen atoms in total. The predicted molar refractivity (Wildman–Crippen MR) is 79.5 cm³/mol. The van der Waals surface area contributed by atoms with Crippen molar-refractivity contribution in [1.29, 1.82) is 0 Å². The molecule has 2 rings (SSSR count). The first-order valence-corrected chi connectivity index (χ1v) is 7.22. The Morgan fingerprint density at radius 1 is 1.16 bits per heavy atom. The molecule has 0 aliphatic heterocycles. The van der Waals surface area contributed by atoms with Crippen LogP contribution in [0.15, 0.2) is 34.9 Å². The molecule has 1 aromatic heterocycles. The van der Waals surface area contributed by atoms with Crippen molar-refractivity contribution in [2.45, 2.75) is 39.5 Å². The second kappa shape index (κ2) is 6.76. The largest absolute Gasteiger partial charge is 0.468 e. The Labute approximate surface area is 115 Å². The first-order chi connectivity index (χ1) is 9.18. The van der Waals surface area contributed by atoms with Crippen LogP contribution in [0, 0.1) is 5.92 Å². The predicted octanol–water partition coefficient (Wildman–Crippen LogP) is 4.99. The highest BCUT2D eigenvalue weighted by atomic mass is 16.5. The van der Waals surface area contributed by atoms with Gasteiger partial charge >= 0.3 is 0 Å². The number of hydrogen-bond donors (Lipinski definition) is 0. The van der Waals surface area contributed by atoms with E-state index in [1.807, 2.05) is 12.3 Å². The highest BCUT2D eigenvalue weighted by Crippen LogP contribution is 2.29. The summed E-state index contributed by atoms with van der Waals surface area (Å²) in [4.78, 5) is 0. The summed E-state index contributed by atoms with van der Waals surface area (Å²) < 4.78 is 11.4. The van der Waals surface area contributed by atoms with Gasteiger partial charge in [-0.25, -0.2) is 0 Å². The summed E-state index contributed by atoms with van der Waals surface area (Å²) in [7, 11) is 0. The maximum Gasteiger partial charge on any atom is 0.114 e. The fourth-order valence-corrected chi connectivity index (χ4v) is 2.34. The van der Waals surface area contributed by atoms with E-state index in [0.29, 0.717) is 11.8 Å². The van der Waals surface area contributed by atoms with Gasteiger partial charge in [-0.2, -0.15) is 0 Å². The number of hydrogen-bond acceptors (Lipinski definition) is 2. The summed E-state index contributed by atoms with van der Waals surface area (Å²) in [5.41, 5.74) is 0. The lowest BCUT2D eigenvalue weighted by molar-refractivity contribution is 0.105. The van der Waals surface area contributed by atoms with Gasteiger partial charge in [0, 0.05) is 29.9 Å². The minimum Gasteiger partial charge on any atom is -0.468 e. The van der Waals surface area contributed by atoms with Crippen LogP contribution in [0.3, 0.4) is 0 Å². The van der Waals surface area contributed by atoms with Gasteiger partial charge in [-0.3, -0.25) is 0 Å². The van der Waals surface area contributed by atoms with E-state index in [1.165, 1.54) is 10.8 Å². The third-order valence-electron chi connectivity index (χ3n) is 3.36. The van der Waals surface area contributed by atoms with Gasteiger partial charge in [-0.1, -0.05) is 45.0 Å². The molecule has 1 aromatic carbocycles. The zero-order valence-electron chi connectivity index (χ0n) is 12.2. The van der Waals surface area contributed by atoms with E-state index in [4.69, 9.17) is 9.15 Å². The number of furan rings is 1. The van der Waals surface area contributed by atoms with Crippen LogP contribution in [0.2, 0.25) is 0 Å². The van der Waals surface area contributed by atoms with E-state index in [0.717, 1.165) is 31.8 Å². The molecule has 0 radical (unpaired) electrons. The summed E-state index contributed by atoms with van der Waals surface area (Å²) in [6, 6.07) is 8.35. The average Bonchev–Trinajstić information content (AvgIpc) is 2.81. The maximum absolute atomic E-state index is 5.73. The van der Waals surface area contributed by atoms with Crippen molar-refractivity contribution < 1.29 is 9.15 Å². The quantitative estimate of drug-likeness (QED) is 0.654. The summed E-state index contributed by atoms with van der Waals surface area (Å²) in [5, 5.41) is 2.44. The first-order valence-electron chi connectivity index (χ1n) is 7.22. The molecule has 0 aliphatic rings. The van der Waals surface area contributed by atoms with Crippen LogP contribution >= 0.6 is 0 Å². The molecule has 1 atom stereocenters. The van der Waals surface area contributed by atoms with Crippen LogP contribution < -0.4 is 0 Å². The lowest BCUT2D eigenvalue weighted by atomic mass is 9.99. The maximum atomic E-state index is 5.73. The second-order valence-electron chi connectivity index (χ2n) is 5.70. The Bertz CT molecular complexity index is 499. The molecular weight excluding hydrogens is 236 g/mol. The molecule has 2 aromatic rings. The van der Waals surface area contributed by atoms with E-state index >= 15 is 0 Å². The minimum absolute atomic E-state index is 0.447. The van der Waals surface area contributed by atoms with Crippen LogP contribution in [0.4, 0.5) is 0 Å². The highest BCUT2D eigenvalue weighted by Gasteiger charge is 2.13. The molecule has 0 spiro atoms. The lowest BCUT2D eigenvalue weighted by Gasteiger charge is -2.10. The number of ether oxygens (including phenoxy) is 1. The molecule has 2 heteroatoms. The van der Waals surface area contributed by atoms with Gasteiger partial charge < -0.3 is 9.15 Å². The molecule has 19 heavy (non-hydrogen) atoms. The average molecular weight is 260 g/mol. The Balaban J connectivity index is 1.84. The SMILES string of the molecule is CC(C)COCCCC(C)c1occ2ccccc12. The summed E-state index contributed by atoms with van der Waals surface area (Å²) in [6.45, 7) is 8.29. The standard InChI is InChI=1S/C17H24O2/c1-13(2)11-18-10-6-7-14(3)17-16-9-5-4-8-15(16)12-19-17/h4-5,8-9,12-14H,6-7,10-11H2,1-3H3. The summed E-state index contributed by atoms with van der Waals surface area (Å²) >= 11 is 0. The molecule has 0 N–H and O–H groups in total. The van der Waals surface area contributed by atoms with Crippen LogP contribution in [0.1, 0.15) is 45.3 Å². The molecule has 0 bridgehead atoms. The van der Waals surface area contributed by atoms with Crippen molar-refractivity contribution in [3.05, 3.63) is 36.3 Å². The molecule has 0 saturated carbocycles. The van der Waals surface area contributed by atoms with Crippen LogP contribution in [0.25, 0.3) is 10.8 Å². The molecule has 1 unspecified atom stereocenters. The van der Waals surface area contributed by atoms with Crippen molar-refractivity contribution in [2.75, 3.05) is 13.2 Å². The normalized spacial score (nSPS) is 13.3. The number of fused-ring (bicyclic) bond motifs is 1. The van der Waals surface area contributed by atoms with E-state index < -0.39 is 0 Å². The minimum atomic E-state index is 0.447. The molecule has 1 heterocycles. The first kappa shape index (κ1) is 14.1. The third kappa shape index (κ3) is 3.84. The van der Waals surface area contributed by atoms with E-state index in [1.54, 1.807) is 0 Å². The Morgan fingerprint density at radius 2 is 1.95 bits per heavy atom. The van der Waals surface area contributed by atoms with Gasteiger partial charge in [-0.05, 0) is 18.8 Å². The fraction of sp³-hybridized carbons (Fsp3) is 0.529. The fourth-order valence-electron chi connectivity index (χ4n) is 2.34. The van der Waals surface area contributed by atoms with E-state index in [-0.39, 0.29) is 0 Å². The Kier molecular flexibility index (Phi) is 5.03. The van der Waals surface area contributed by atoms with Crippen LogP contribution in [-0.2, 0) is 4.74 Å². The molecule has 0 amide bonds. The van der Waals surface area contributed by atoms with Gasteiger partial charge in [0.25, 0.3) is 0 Å². The Morgan fingerprint density at radius 3 is 2.74 bits per heavy atom. The summed E-state index contributed by atoms with van der Waals surface area (Å²) in [5.74, 6) is 2.17. The number of benzene rings is 1. The Hall–Kier alpha value is -1.28. The van der Waals surface area contributed by atoms with Crippen molar-refractivity contribution in [2.24, 2.45) is 5.92 Å². The van der Waals surface area contributed by atoms with Crippen molar-refractivity contribution in [1.82, 2.24) is 0 Å². The molecule has 0 aliphatic carbocycles. The zero-order chi connectivity index (χ0) is 13.7. The van der Waals surface area contributed by atoms with Gasteiger partial charge in [0.05, 0.1) is 6.26 Å². The highest BCUT2D eigenvalue weighted by molar-refractivity contribution is 5.84. The molecular formula is C17H24O2. The van der Waals surface area contributed by atoms with Crippen molar-refractivity contribution in [3.63, 3.8) is 0 Å². The third-order valence-corrected chi connectivity index (χ3v) is 3.36. The van der Waals surface area contributed by atoms with Gasteiger partial charge in [-0.15, -0.1) is 0 Å². The van der Waals surface area contributed by atoms with E-state index in [9.17, 15) is 0 Å².